The lowest BCUT2D eigenvalue weighted by atomic mass is 10.3. The summed E-state index contributed by atoms with van der Waals surface area (Å²) < 4.78 is 0. The van der Waals surface area contributed by atoms with Crippen LogP contribution in [0.1, 0.15) is 27.9 Å². The van der Waals surface area contributed by atoms with Gasteiger partial charge in [-0.25, -0.2) is 14.8 Å². The number of aromatic nitrogens is 2. The molecule has 0 fully saturated rings. The van der Waals surface area contributed by atoms with E-state index >= 15 is 0 Å². The Bertz CT molecular complexity index is 563. The van der Waals surface area contributed by atoms with E-state index < -0.39 is 5.97 Å². The maximum atomic E-state index is 10.7. The second kappa shape index (κ2) is 5.14. The van der Waals surface area contributed by atoms with Gasteiger partial charge in [0.05, 0.1) is 11.3 Å². The number of nitrogens with one attached hydrogen (secondary N) is 1. The molecule has 0 radical (unpaired) electrons. The first-order valence-corrected chi connectivity index (χ1v) is 6.34. The van der Waals surface area contributed by atoms with Gasteiger partial charge in [-0.15, -0.1) is 11.3 Å². The Hall–Kier alpha value is -1.95. The monoisotopic (exact) mass is 263 g/mol. The summed E-state index contributed by atoms with van der Waals surface area (Å²) in [5.74, 6) is -0.385. The number of carboxylic acid groups (broad SMARTS) is 1. The molecular weight excluding hydrogens is 250 g/mol. The average Bonchev–Trinajstić information content (AvgIpc) is 2.70. The summed E-state index contributed by atoms with van der Waals surface area (Å²) in [5, 5.41) is 12.6. The number of carboxylic acids is 1. The highest BCUT2D eigenvalue weighted by molar-refractivity contribution is 7.15. The third kappa shape index (κ3) is 2.65. The quantitative estimate of drug-likeness (QED) is 0.887. The van der Waals surface area contributed by atoms with Crippen molar-refractivity contribution in [2.45, 2.75) is 20.3 Å². The summed E-state index contributed by atoms with van der Waals surface area (Å²) in [6, 6.07) is 3.14. The van der Waals surface area contributed by atoms with Crippen LogP contribution in [0.15, 0.2) is 18.3 Å². The molecule has 0 saturated heterocycles. The molecule has 5 nitrogen and oxygen atoms in total. The maximum Gasteiger partial charge on any atom is 0.337 e. The minimum Gasteiger partial charge on any atom is -0.478 e. The van der Waals surface area contributed by atoms with E-state index in [0.29, 0.717) is 5.82 Å². The molecule has 0 aliphatic heterocycles. The number of aryl methyl sites for hydroxylation is 2. The normalized spacial score (nSPS) is 10.3. The fraction of sp³-hybridized carbons (Fsp3) is 0.250. The molecule has 2 aromatic heterocycles. The molecule has 2 rings (SSSR count). The number of pyridine rings is 1. The summed E-state index contributed by atoms with van der Waals surface area (Å²) in [4.78, 5) is 20.3. The van der Waals surface area contributed by atoms with Crippen molar-refractivity contribution in [2.24, 2.45) is 0 Å². The van der Waals surface area contributed by atoms with Crippen LogP contribution in [0.3, 0.4) is 0 Å². The second-order valence-corrected chi connectivity index (χ2v) is 4.94. The first-order valence-electron chi connectivity index (χ1n) is 5.53. The number of hydrogen-bond acceptors (Lipinski definition) is 5. The lowest BCUT2D eigenvalue weighted by Gasteiger charge is -2.01. The molecule has 2 N–H and O–H groups in total. The molecular formula is C12H13N3O2S. The van der Waals surface area contributed by atoms with Crippen molar-refractivity contribution < 1.29 is 9.90 Å². The molecule has 0 aliphatic rings. The Morgan fingerprint density at radius 3 is 2.78 bits per heavy atom. The van der Waals surface area contributed by atoms with Crippen LogP contribution in [0.2, 0.25) is 0 Å². The number of rotatable bonds is 4. The molecule has 18 heavy (non-hydrogen) atoms. The molecule has 0 atom stereocenters. The molecule has 0 unspecified atom stereocenters. The maximum absolute atomic E-state index is 10.7. The summed E-state index contributed by atoms with van der Waals surface area (Å²) in [6.07, 6.45) is 2.22. The Kier molecular flexibility index (Phi) is 3.57. The minimum atomic E-state index is -0.979. The topological polar surface area (TPSA) is 75.1 Å². The van der Waals surface area contributed by atoms with Crippen molar-refractivity contribution in [1.82, 2.24) is 9.97 Å². The van der Waals surface area contributed by atoms with E-state index in [1.54, 1.807) is 17.4 Å². The number of hydrogen-bond donors (Lipinski definition) is 2. The van der Waals surface area contributed by atoms with Gasteiger partial charge < -0.3 is 10.4 Å². The average molecular weight is 263 g/mol. The number of nitrogens with zero attached hydrogens (tertiary/aromatic N) is 2. The third-order valence-electron chi connectivity index (χ3n) is 2.47. The zero-order valence-corrected chi connectivity index (χ0v) is 10.9. The van der Waals surface area contributed by atoms with Crippen LogP contribution in [0.4, 0.5) is 10.9 Å². The van der Waals surface area contributed by atoms with Crippen LogP contribution in [0, 0.1) is 6.92 Å². The van der Waals surface area contributed by atoms with Crippen LogP contribution in [-0.4, -0.2) is 21.0 Å². The highest BCUT2D eigenvalue weighted by atomic mass is 32.1. The Labute approximate surface area is 109 Å². The van der Waals surface area contributed by atoms with Crippen LogP contribution in [-0.2, 0) is 6.42 Å². The van der Waals surface area contributed by atoms with Crippen LogP contribution in [0.5, 0.6) is 0 Å². The Balaban J connectivity index is 2.15. The lowest BCUT2D eigenvalue weighted by Crippen LogP contribution is -1.99. The lowest BCUT2D eigenvalue weighted by molar-refractivity contribution is 0.0696. The number of thiazole rings is 1. The van der Waals surface area contributed by atoms with E-state index in [-0.39, 0.29) is 5.56 Å². The summed E-state index contributed by atoms with van der Waals surface area (Å²) in [7, 11) is 0. The van der Waals surface area contributed by atoms with Crippen LogP contribution in [0.25, 0.3) is 0 Å². The van der Waals surface area contributed by atoms with Gasteiger partial charge >= 0.3 is 5.97 Å². The highest BCUT2D eigenvalue weighted by Crippen LogP contribution is 2.24. The fourth-order valence-electron chi connectivity index (χ4n) is 1.51. The first-order chi connectivity index (χ1) is 8.60. The van der Waals surface area contributed by atoms with Crippen LogP contribution >= 0.6 is 11.3 Å². The minimum absolute atomic E-state index is 0.171. The molecule has 0 bridgehead atoms. The molecule has 94 valence electrons. The van der Waals surface area contributed by atoms with Gasteiger partial charge in [0.1, 0.15) is 5.82 Å². The third-order valence-corrected chi connectivity index (χ3v) is 3.40. The van der Waals surface area contributed by atoms with Crippen molar-refractivity contribution in [3.8, 4) is 0 Å². The number of anilines is 2. The van der Waals surface area contributed by atoms with E-state index in [0.717, 1.165) is 17.2 Å². The fourth-order valence-corrected chi connectivity index (χ4v) is 2.42. The van der Waals surface area contributed by atoms with Gasteiger partial charge in [-0.3, -0.25) is 0 Å². The smallest absolute Gasteiger partial charge is 0.337 e. The van der Waals surface area contributed by atoms with E-state index in [2.05, 4.69) is 22.2 Å². The van der Waals surface area contributed by atoms with E-state index in [4.69, 9.17) is 5.11 Å². The summed E-state index contributed by atoms with van der Waals surface area (Å²) in [5.41, 5.74) is 1.25. The largest absolute Gasteiger partial charge is 0.478 e. The molecule has 2 aromatic rings. The molecule has 0 saturated carbocycles. The summed E-state index contributed by atoms with van der Waals surface area (Å²) >= 11 is 1.57. The van der Waals surface area contributed by atoms with Gasteiger partial charge in [0.2, 0.25) is 0 Å². The van der Waals surface area contributed by atoms with Crippen LogP contribution < -0.4 is 5.32 Å². The molecule has 0 spiro atoms. The van der Waals surface area contributed by atoms with E-state index in [1.165, 1.54) is 17.1 Å². The SMILES string of the molecule is CCc1nc(Nc2ccc(C(=O)O)cn2)sc1C. The van der Waals surface area contributed by atoms with Gasteiger partial charge in [0.15, 0.2) is 5.13 Å². The van der Waals surface area contributed by atoms with Crippen molar-refractivity contribution >= 4 is 28.3 Å². The van der Waals surface area contributed by atoms with Gasteiger partial charge in [0, 0.05) is 11.1 Å². The molecule has 0 aromatic carbocycles. The van der Waals surface area contributed by atoms with Crippen molar-refractivity contribution in [2.75, 3.05) is 5.32 Å². The standard InChI is InChI=1S/C12H13N3O2S/c1-3-9-7(2)18-12(14-9)15-10-5-4-8(6-13-10)11(16)17/h4-6H,3H2,1-2H3,(H,16,17)(H,13,14,15). The Morgan fingerprint density at radius 1 is 1.50 bits per heavy atom. The number of aromatic carboxylic acids is 1. The molecule has 2 heterocycles. The second-order valence-electron chi connectivity index (χ2n) is 3.74. The zero-order chi connectivity index (χ0) is 13.1. The highest BCUT2D eigenvalue weighted by Gasteiger charge is 2.07. The predicted molar refractivity (Wildman–Crippen MR) is 70.7 cm³/mol. The zero-order valence-electron chi connectivity index (χ0n) is 10.1. The van der Waals surface area contributed by atoms with E-state index in [1.807, 2.05) is 6.92 Å². The predicted octanol–water partition coefficient (Wildman–Crippen LogP) is 2.85. The van der Waals surface area contributed by atoms with Crippen molar-refractivity contribution in [1.29, 1.82) is 0 Å². The van der Waals surface area contributed by atoms with Crippen molar-refractivity contribution in [3.05, 3.63) is 34.5 Å². The van der Waals surface area contributed by atoms with Gasteiger partial charge in [-0.05, 0) is 25.5 Å². The van der Waals surface area contributed by atoms with Gasteiger partial charge in [-0.1, -0.05) is 6.92 Å². The Morgan fingerprint density at radius 2 is 2.28 bits per heavy atom. The van der Waals surface area contributed by atoms with Gasteiger partial charge in [-0.2, -0.15) is 0 Å². The van der Waals surface area contributed by atoms with Crippen molar-refractivity contribution in [3.63, 3.8) is 0 Å². The first kappa shape index (κ1) is 12.5. The molecule has 0 aliphatic carbocycles. The van der Waals surface area contributed by atoms with Gasteiger partial charge in [0.25, 0.3) is 0 Å². The van der Waals surface area contributed by atoms with E-state index in [9.17, 15) is 4.79 Å². The molecule has 0 amide bonds. The molecule has 6 heteroatoms. The number of carbonyl (C=O) groups is 1. The summed E-state index contributed by atoms with van der Waals surface area (Å²) in [6.45, 7) is 4.09.